The molecule has 4 rings (SSSR count). The summed E-state index contributed by atoms with van der Waals surface area (Å²) in [5.74, 6) is -0.335. The van der Waals surface area contributed by atoms with Gasteiger partial charge in [0.2, 0.25) is 11.8 Å². The highest BCUT2D eigenvalue weighted by Gasteiger charge is 2.36. The number of hydrogen-bond acceptors (Lipinski definition) is 3. The Morgan fingerprint density at radius 3 is 2.39 bits per heavy atom. The second-order valence-corrected chi connectivity index (χ2v) is 8.33. The van der Waals surface area contributed by atoms with Crippen molar-refractivity contribution in [3.63, 3.8) is 0 Å². The molecule has 160 valence electrons. The summed E-state index contributed by atoms with van der Waals surface area (Å²) < 4.78 is 1.92. The molecule has 0 N–H and O–H groups in total. The van der Waals surface area contributed by atoms with Gasteiger partial charge in [-0.1, -0.05) is 35.9 Å². The van der Waals surface area contributed by atoms with E-state index in [1.165, 1.54) is 0 Å². The van der Waals surface area contributed by atoms with E-state index in [2.05, 4.69) is 5.10 Å². The molecule has 1 unspecified atom stereocenters. The minimum atomic E-state index is -0.330. The molecule has 1 aromatic heterocycles. The molecule has 2 amide bonds. The van der Waals surface area contributed by atoms with Gasteiger partial charge in [0.1, 0.15) is 0 Å². The van der Waals surface area contributed by atoms with Gasteiger partial charge in [-0.3, -0.25) is 9.59 Å². The first-order valence-corrected chi connectivity index (χ1v) is 10.6. The fraction of sp³-hybridized carbons (Fsp3) is 0.320. The Morgan fingerprint density at radius 2 is 1.71 bits per heavy atom. The standard InChI is InChI=1S/C25H28N4O2/c1-17-10-12-21(13-11-17)28-15-20(14-24(28)30)25(31)27(4)16-23-18(2)26-29(19(23)3)22-8-6-5-7-9-22/h5-13,20H,14-16H2,1-4H3. The van der Waals surface area contributed by atoms with Crippen LogP contribution in [0.25, 0.3) is 5.69 Å². The van der Waals surface area contributed by atoms with Crippen LogP contribution in [0.5, 0.6) is 0 Å². The highest BCUT2D eigenvalue weighted by Crippen LogP contribution is 2.27. The summed E-state index contributed by atoms with van der Waals surface area (Å²) in [5, 5.41) is 4.68. The van der Waals surface area contributed by atoms with Crippen molar-refractivity contribution < 1.29 is 9.59 Å². The molecule has 0 aliphatic carbocycles. The Kier molecular flexibility index (Phi) is 5.63. The average molecular weight is 417 g/mol. The summed E-state index contributed by atoms with van der Waals surface area (Å²) in [5.41, 5.74) is 5.96. The fourth-order valence-electron chi connectivity index (χ4n) is 4.20. The van der Waals surface area contributed by atoms with Gasteiger partial charge in [0.05, 0.1) is 17.3 Å². The molecule has 1 atom stereocenters. The molecule has 1 saturated heterocycles. The number of carbonyl (C=O) groups is 2. The Hall–Kier alpha value is -3.41. The number of amides is 2. The first-order valence-electron chi connectivity index (χ1n) is 10.6. The number of rotatable bonds is 5. The Balaban J connectivity index is 1.48. The maximum Gasteiger partial charge on any atom is 0.228 e. The topological polar surface area (TPSA) is 58.4 Å². The van der Waals surface area contributed by atoms with Gasteiger partial charge in [-0.15, -0.1) is 0 Å². The maximum absolute atomic E-state index is 13.1. The van der Waals surface area contributed by atoms with E-state index in [1.807, 2.05) is 80.1 Å². The Labute approximate surface area is 183 Å². The second-order valence-electron chi connectivity index (χ2n) is 8.33. The quantitative estimate of drug-likeness (QED) is 0.636. The van der Waals surface area contributed by atoms with Gasteiger partial charge < -0.3 is 9.80 Å². The molecule has 0 radical (unpaired) electrons. The molecule has 1 fully saturated rings. The summed E-state index contributed by atoms with van der Waals surface area (Å²) in [6, 6.07) is 17.8. The molecule has 2 aromatic carbocycles. The van der Waals surface area contributed by atoms with Crippen molar-refractivity contribution >= 4 is 17.5 Å². The number of benzene rings is 2. The van der Waals surface area contributed by atoms with Crippen molar-refractivity contribution in [2.75, 3.05) is 18.5 Å². The van der Waals surface area contributed by atoms with Crippen molar-refractivity contribution in [1.82, 2.24) is 14.7 Å². The van der Waals surface area contributed by atoms with Gasteiger partial charge >= 0.3 is 0 Å². The van der Waals surface area contributed by atoms with Gasteiger partial charge in [0.15, 0.2) is 0 Å². The Morgan fingerprint density at radius 1 is 1.03 bits per heavy atom. The maximum atomic E-state index is 13.1. The minimum absolute atomic E-state index is 0.000128. The van der Waals surface area contributed by atoms with E-state index in [0.29, 0.717) is 13.1 Å². The van der Waals surface area contributed by atoms with Gasteiger partial charge in [0.25, 0.3) is 0 Å². The fourth-order valence-corrected chi connectivity index (χ4v) is 4.20. The van der Waals surface area contributed by atoms with Crippen LogP contribution in [-0.2, 0) is 16.1 Å². The Bertz CT molecular complexity index is 1100. The minimum Gasteiger partial charge on any atom is -0.341 e. The first-order chi connectivity index (χ1) is 14.8. The van der Waals surface area contributed by atoms with Crippen LogP contribution in [0.15, 0.2) is 54.6 Å². The lowest BCUT2D eigenvalue weighted by Crippen LogP contribution is -2.34. The number of para-hydroxylation sites is 1. The smallest absolute Gasteiger partial charge is 0.228 e. The van der Waals surface area contributed by atoms with Crippen LogP contribution < -0.4 is 4.90 Å². The second kappa shape index (κ2) is 8.38. The van der Waals surface area contributed by atoms with E-state index >= 15 is 0 Å². The van der Waals surface area contributed by atoms with Crippen LogP contribution in [0.2, 0.25) is 0 Å². The highest BCUT2D eigenvalue weighted by atomic mass is 16.2. The van der Waals surface area contributed by atoms with Crippen molar-refractivity contribution in [1.29, 1.82) is 0 Å². The lowest BCUT2D eigenvalue weighted by molar-refractivity contribution is -0.135. The molecule has 2 heterocycles. The summed E-state index contributed by atoms with van der Waals surface area (Å²) in [7, 11) is 1.81. The number of hydrogen-bond donors (Lipinski definition) is 0. The third-order valence-electron chi connectivity index (χ3n) is 6.03. The zero-order valence-corrected chi connectivity index (χ0v) is 18.5. The third kappa shape index (κ3) is 4.10. The van der Waals surface area contributed by atoms with E-state index in [-0.39, 0.29) is 24.2 Å². The average Bonchev–Trinajstić information content (AvgIpc) is 3.29. The summed E-state index contributed by atoms with van der Waals surface area (Å²) in [6.45, 7) is 6.91. The number of carbonyl (C=O) groups excluding carboxylic acids is 2. The van der Waals surface area contributed by atoms with Crippen LogP contribution >= 0.6 is 0 Å². The van der Waals surface area contributed by atoms with Gasteiger partial charge in [0, 0.05) is 43.5 Å². The van der Waals surface area contributed by atoms with Gasteiger partial charge in [-0.05, 0) is 45.0 Å². The van der Waals surface area contributed by atoms with Gasteiger partial charge in [-0.2, -0.15) is 5.10 Å². The van der Waals surface area contributed by atoms with E-state index in [1.54, 1.807) is 16.8 Å². The molecule has 0 spiro atoms. The zero-order chi connectivity index (χ0) is 22.1. The molecule has 1 aliphatic heterocycles. The van der Waals surface area contributed by atoms with E-state index < -0.39 is 0 Å². The molecule has 3 aromatic rings. The predicted octanol–water partition coefficient (Wildman–Crippen LogP) is 3.81. The SMILES string of the molecule is Cc1ccc(N2CC(C(=O)N(C)Cc3c(C)nn(-c4ccccc4)c3C)CC2=O)cc1. The molecule has 6 heteroatoms. The van der Waals surface area contributed by atoms with Crippen LogP contribution in [0, 0.1) is 26.7 Å². The lowest BCUT2D eigenvalue weighted by atomic mass is 10.1. The van der Waals surface area contributed by atoms with Crippen LogP contribution in [0.1, 0.15) is 28.9 Å². The molecular weight excluding hydrogens is 388 g/mol. The highest BCUT2D eigenvalue weighted by molar-refractivity contribution is 6.00. The number of aryl methyl sites for hydroxylation is 2. The van der Waals surface area contributed by atoms with Crippen LogP contribution in [-0.4, -0.2) is 40.1 Å². The zero-order valence-electron chi connectivity index (χ0n) is 18.5. The third-order valence-corrected chi connectivity index (χ3v) is 6.03. The normalized spacial score (nSPS) is 16.1. The molecule has 6 nitrogen and oxygen atoms in total. The van der Waals surface area contributed by atoms with E-state index in [0.717, 1.165) is 33.9 Å². The van der Waals surface area contributed by atoms with E-state index in [4.69, 9.17) is 0 Å². The van der Waals surface area contributed by atoms with Crippen molar-refractivity contribution in [3.05, 3.63) is 77.1 Å². The van der Waals surface area contributed by atoms with Crippen LogP contribution in [0.3, 0.4) is 0 Å². The lowest BCUT2D eigenvalue weighted by Gasteiger charge is -2.22. The largest absolute Gasteiger partial charge is 0.341 e. The van der Waals surface area contributed by atoms with Crippen molar-refractivity contribution in [2.24, 2.45) is 5.92 Å². The summed E-state index contributed by atoms with van der Waals surface area (Å²) in [4.78, 5) is 29.2. The molecular formula is C25H28N4O2. The first kappa shape index (κ1) is 20.8. The molecule has 0 saturated carbocycles. The molecule has 0 bridgehead atoms. The van der Waals surface area contributed by atoms with Crippen molar-refractivity contribution in [2.45, 2.75) is 33.7 Å². The number of anilines is 1. The predicted molar refractivity (Wildman–Crippen MR) is 121 cm³/mol. The monoisotopic (exact) mass is 416 g/mol. The molecule has 1 aliphatic rings. The number of aromatic nitrogens is 2. The van der Waals surface area contributed by atoms with Crippen molar-refractivity contribution in [3.8, 4) is 5.69 Å². The van der Waals surface area contributed by atoms with E-state index in [9.17, 15) is 9.59 Å². The molecule has 31 heavy (non-hydrogen) atoms. The van der Waals surface area contributed by atoms with Crippen LogP contribution in [0.4, 0.5) is 5.69 Å². The summed E-state index contributed by atoms with van der Waals surface area (Å²) in [6.07, 6.45) is 0.248. The van der Waals surface area contributed by atoms with Gasteiger partial charge in [-0.25, -0.2) is 4.68 Å². The number of nitrogens with zero attached hydrogens (tertiary/aromatic N) is 4. The summed E-state index contributed by atoms with van der Waals surface area (Å²) >= 11 is 0.